The van der Waals surface area contributed by atoms with Crippen LogP contribution in [0, 0.1) is 11.7 Å². The third-order valence-corrected chi connectivity index (χ3v) is 4.30. The van der Waals surface area contributed by atoms with Crippen LogP contribution in [0.1, 0.15) is 38.2 Å². The van der Waals surface area contributed by atoms with E-state index in [1.54, 1.807) is 12.1 Å². The lowest BCUT2D eigenvalue weighted by Gasteiger charge is -2.36. The number of carboxylic acid groups (broad SMARTS) is 1. The molecule has 1 aliphatic carbocycles. The molecule has 0 heterocycles. The van der Waals surface area contributed by atoms with Crippen LogP contribution in [0.2, 0.25) is 5.02 Å². The largest absolute Gasteiger partial charge is 0.481 e. The Balaban J connectivity index is 2.48. The summed E-state index contributed by atoms with van der Waals surface area (Å²) in [5.74, 6) is -1.04. The van der Waals surface area contributed by atoms with Gasteiger partial charge in [-0.3, -0.25) is 4.79 Å². The fraction of sp³-hybridized carbons (Fsp3) is 0.500. The van der Waals surface area contributed by atoms with Gasteiger partial charge in [-0.2, -0.15) is 0 Å². The Bertz CT molecular complexity index is 465. The number of carboxylic acids is 1. The Morgan fingerprint density at radius 1 is 1.44 bits per heavy atom. The van der Waals surface area contributed by atoms with Crippen molar-refractivity contribution in [3.05, 3.63) is 34.6 Å². The van der Waals surface area contributed by atoms with Crippen molar-refractivity contribution < 1.29 is 14.3 Å². The summed E-state index contributed by atoms with van der Waals surface area (Å²) in [7, 11) is 0. The van der Waals surface area contributed by atoms with Crippen molar-refractivity contribution in [1.29, 1.82) is 0 Å². The summed E-state index contributed by atoms with van der Waals surface area (Å²) in [6.45, 7) is 2.10. The lowest BCUT2D eigenvalue weighted by molar-refractivity contribution is -0.145. The second kappa shape index (κ2) is 4.88. The van der Waals surface area contributed by atoms with Crippen LogP contribution in [-0.2, 0) is 10.2 Å². The molecule has 1 saturated carbocycles. The second-order valence-electron chi connectivity index (χ2n) is 5.17. The summed E-state index contributed by atoms with van der Waals surface area (Å²) < 4.78 is 14.1. The topological polar surface area (TPSA) is 37.3 Å². The summed E-state index contributed by atoms with van der Waals surface area (Å²) in [5, 5.41) is 9.53. The monoisotopic (exact) mass is 270 g/mol. The molecular formula is C14H16ClFO2. The fourth-order valence-electron chi connectivity index (χ4n) is 2.73. The molecule has 1 N–H and O–H groups in total. The molecule has 1 fully saturated rings. The van der Waals surface area contributed by atoms with Gasteiger partial charge in [0.05, 0.1) is 10.4 Å². The van der Waals surface area contributed by atoms with Gasteiger partial charge in [-0.05, 0) is 37.7 Å². The van der Waals surface area contributed by atoms with Gasteiger partial charge in [0.25, 0.3) is 0 Å². The van der Waals surface area contributed by atoms with E-state index < -0.39 is 17.2 Å². The molecule has 1 aromatic rings. The normalized spacial score (nSPS) is 28.1. The number of hydrogen-bond acceptors (Lipinski definition) is 1. The molecule has 2 nitrogen and oxygen atoms in total. The van der Waals surface area contributed by atoms with E-state index in [1.807, 2.05) is 0 Å². The maximum absolute atomic E-state index is 14.1. The van der Waals surface area contributed by atoms with Crippen molar-refractivity contribution >= 4 is 17.6 Å². The van der Waals surface area contributed by atoms with Crippen molar-refractivity contribution in [3.8, 4) is 0 Å². The minimum absolute atomic E-state index is 0.00764. The number of aliphatic carboxylic acids is 1. The van der Waals surface area contributed by atoms with E-state index in [1.165, 1.54) is 6.07 Å². The third-order valence-electron chi connectivity index (χ3n) is 4.00. The van der Waals surface area contributed by atoms with Gasteiger partial charge in [0.1, 0.15) is 5.82 Å². The molecule has 18 heavy (non-hydrogen) atoms. The van der Waals surface area contributed by atoms with Gasteiger partial charge in [0.2, 0.25) is 0 Å². The van der Waals surface area contributed by atoms with Crippen molar-refractivity contribution in [2.75, 3.05) is 0 Å². The van der Waals surface area contributed by atoms with E-state index in [2.05, 4.69) is 6.92 Å². The predicted octanol–water partition coefficient (Wildman–Crippen LogP) is 4.01. The van der Waals surface area contributed by atoms with Crippen molar-refractivity contribution in [1.82, 2.24) is 0 Å². The highest BCUT2D eigenvalue weighted by Crippen LogP contribution is 2.43. The van der Waals surface area contributed by atoms with Gasteiger partial charge in [0, 0.05) is 5.56 Å². The average Bonchev–Trinajstić information content (AvgIpc) is 2.34. The molecule has 0 bridgehead atoms. The van der Waals surface area contributed by atoms with Gasteiger partial charge in [-0.25, -0.2) is 4.39 Å². The van der Waals surface area contributed by atoms with E-state index in [9.17, 15) is 14.3 Å². The van der Waals surface area contributed by atoms with Crippen LogP contribution in [0.15, 0.2) is 18.2 Å². The highest BCUT2D eigenvalue weighted by Gasteiger charge is 2.44. The first kappa shape index (κ1) is 13.3. The Labute approximate surface area is 111 Å². The van der Waals surface area contributed by atoms with Crippen molar-refractivity contribution in [2.45, 2.75) is 38.0 Å². The van der Waals surface area contributed by atoms with E-state index in [0.29, 0.717) is 18.8 Å². The van der Waals surface area contributed by atoms with Gasteiger partial charge in [0.15, 0.2) is 0 Å². The zero-order valence-electron chi connectivity index (χ0n) is 10.2. The maximum atomic E-state index is 14.1. The second-order valence-corrected chi connectivity index (χ2v) is 5.58. The highest BCUT2D eigenvalue weighted by atomic mass is 35.5. The van der Waals surface area contributed by atoms with Crippen LogP contribution in [0.5, 0.6) is 0 Å². The molecular weight excluding hydrogens is 255 g/mol. The quantitative estimate of drug-likeness (QED) is 0.882. The molecule has 1 aromatic carbocycles. The number of rotatable bonds is 2. The molecule has 0 aromatic heterocycles. The molecule has 0 atom stereocenters. The van der Waals surface area contributed by atoms with Gasteiger partial charge in [-0.1, -0.05) is 30.7 Å². The van der Waals surface area contributed by atoms with Crippen LogP contribution in [0.25, 0.3) is 0 Å². The van der Waals surface area contributed by atoms with Crippen LogP contribution in [0.4, 0.5) is 4.39 Å². The van der Waals surface area contributed by atoms with E-state index in [-0.39, 0.29) is 10.6 Å². The van der Waals surface area contributed by atoms with Crippen LogP contribution in [0.3, 0.4) is 0 Å². The molecule has 0 amide bonds. The fourth-order valence-corrected chi connectivity index (χ4v) is 2.90. The summed E-state index contributed by atoms with van der Waals surface area (Å²) in [6, 6.07) is 4.61. The zero-order valence-corrected chi connectivity index (χ0v) is 11.0. The van der Waals surface area contributed by atoms with Crippen molar-refractivity contribution in [2.24, 2.45) is 5.92 Å². The Hall–Kier alpha value is -1.09. The van der Waals surface area contributed by atoms with Gasteiger partial charge in [-0.15, -0.1) is 0 Å². The molecule has 0 aliphatic heterocycles. The van der Waals surface area contributed by atoms with E-state index in [0.717, 1.165) is 12.8 Å². The van der Waals surface area contributed by atoms with Gasteiger partial charge < -0.3 is 5.11 Å². The van der Waals surface area contributed by atoms with E-state index >= 15 is 0 Å². The smallest absolute Gasteiger partial charge is 0.314 e. The minimum Gasteiger partial charge on any atom is -0.481 e. The number of carbonyl (C=O) groups is 1. The number of benzene rings is 1. The number of halogens is 2. The minimum atomic E-state index is -1.11. The first-order valence-electron chi connectivity index (χ1n) is 6.15. The molecule has 0 unspecified atom stereocenters. The average molecular weight is 271 g/mol. The molecule has 0 radical (unpaired) electrons. The Morgan fingerprint density at radius 2 is 2.06 bits per heavy atom. The zero-order chi connectivity index (χ0) is 13.3. The Kier molecular flexibility index (Phi) is 3.62. The number of hydrogen-bond donors (Lipinski definition) is 1. The summed E-state index contributed by atoms with van der Waals surface area (Å²) in [5.41, 5.74) is -0.879. The van der Waals surface area contributed by atoms with Gasteiger partial charge >= 0.3 is 5.97 Å². The summed E-state index contributed by atoms with van der Waals surface area (Å²) in [6.07, 6.45) is 2.55. The standard InChI is InChI=1S/C14H16ClFO2/c1-9-5-7-14(8-6-9,13(17)18)10-3-2-4-11(15)12(10)16/h2-4,9H,5-8H2,1H3,(H,17,18). The molecule has 4 heteroatoms. The lowest BCUT2D eigenvalue weighted by Crippen LogP contribution is -2.40. The SMILES string of the molecule is CC1CCC(C(=O)O)(c2cccc(Cl)c2F)CC1. The van der Waals surface area contributed by atoms with Crippen LogP contribution >= 0.6 is 11.6 Å². The first-order valence-corrected chi connectivity index (χ1v) is 6.53. The van der Waals surface area contributed by atoms with E-state index in [4.69, 9.17) is 11.6 Å². The molecule has 1 aliphatic rings. The van der Waals surface area contributed by atoms with Crippen molar-refractivity contribution in [3.63, 3.8) is 0 Å². The first-order chi connectivity index (χ1) is 8.47. The highest BCUT2D eigenvalue weighted by molar-refractivity contribution is 6.30. The summed E-state index contributed by atoms with van der Waals surface area (Å²) >= 11 is 5.76. The lowest BCUT2D eigenvalue weighted by atomic mass is 9.67. The molecule has 0 spiro atoms. The maximum Gasteiger partial charge on any atom is 0.314 e. The molecule has 2 rings (SSSR count). The summed E-state index contributed by atoms with van der Waals surface area (Å²) in [4.78, 5) is 11.6. The van der Waals surface area contributed by atoms with Crippen LogP contribution in [-0.4, -0.2) is 11.1 Å². The predicted molar refractivity (Wildman–Crippen MR) is 68.4 cm³/mol. The Morgan fingerprint density at radius 3 is 2.61 bits per heavy atom. The van der Waals surface area contributed by atoms with Crippen LogP contribution < -0.4 is 0 Å². The molecule has 98 valence electrons. The third kappa shape index (κ3) is 2.12. The molecule has 0 saturated heterocycles.